The molecular formula is C43H37ClIN7O10S. The Morgan fingerprint density at radius 3 is 2.30 bits per heavy atom. The lowest BCUT2D eigenvalue weighted by atomic mass is 9.51. The van der Waals surface area contributed by atoms with Crippen molar-refractivity contribution >= 4 is 108 Å². The number of fused-ring (bicyclic) bond motifs is 5. The zero-order valence-corrected chi connectivity index (χ0v) is 38.1. The number of imide groups is 2. The highest BCUT2D eigenvalue weighted by Gasteiger charge is 2.68. The molecule has 0 bridgehead atoms. The van der Waals surface area contributed by atoms with Gasteiger partial charge in [0.05, 0.1) is 54.3 Å². The first kappa shape index (κ1) is 42.4. The van der Waals surface area contributed by atoms with Crippen molar-refractivity contribution in [2.75, 3.05) is 35.9 Å². The van der Waals surface area contributed by atoms with Crippen molar-refractivity contribution in [2.24, 2.45) is 36.1 Å². The minimum absolute atomic E-state index is 0.0129. The van der Waals surface area contributed by atoms with E-state index in [1.807, 2.05) is 47.7 Å². The number of nitro groups is 2. The fourth-order valence-electron chi connectivity index (χ4n) is 10.5. The van der Waals surface area contributed by atoms with Crippen LogP contribution in [0.1, 0.15) is 36.8 Å². The molecule has 0 spiro atoms. The van der Waals surface area contributed by atoms with E-state index in [9.17, 15) is 34.9 Å². The summed E-state index contributed by atoms with van der Waals surface area (Å²) in [5.41, 5.74) is -0.759. The molecule has 4 heterocycles. The molecule has 2 saturated heterocycles. The highest BCUT2D eigenvalue weighted by atomic mass is 127. The number of allylic oxidation sites excluding steroid dienone is 2. The number of aromatic hydroxyl groups is 1. The van der Waals surface area contributed by atoms with Crippen LogP contribution in [-0.4, -0.2) is 69.6 Å². The maximum Gasteiger partial charge on any atom is 0.301 e. The number of nitrogens with zero attached hydrogens (tertiary/aromatic N) is 7. The number of aromatic nitrogens is 2. The number of phenolic OH excluding ortho intramolecular Hbond substituents is 1. The molecule has 20 heteroatoms. The lowest BCUT2D eigenvalue weighted by Gasteiger charge is -2.49. The van der Waals surface area contributed by atoms with Gasteiger partial charge in [0.1, 0.15) is 11.5 Å². The van der Waals surface area contributed by atoms with Crippen molar-refractivity contribution < 1.29 is 38.9 Å². The van der Waals surface area contributed by atoms with Gasteiger partial charge in [-0.15, -0.1) is 11.3 Å². The maximum absolute atomic E-state index is 15.3. The topological polar surface area (TPSA) is 212 Å². The standard InChI is InChI=1S/C43H37ClIN7O10S/c1-18-24-13-20(44)7-10-32(24)63-38(18)28-17-33(48(5)46-28)50-40(55)26-16-25-22(35(43(26,2)42(50)57)19-11-27(45)37(53)31(12-19)62-6)8-9-23-34(25)41(56)49(39(23)54)21-14-29(51(58)59)36(47(3)4)30(15-21)52(60)61/h7-8,10-15,17,23,25-26,34-35,53H,9,16H2,1-6H3/t23-,25+,26-,34-,35-,43+/m0/s1. The Hall–Kier alpha value is -5.93. The van der Waals surface area contributed by atoms with Crippen LogP contribution in [0.25, 0.3) is 20.7 Å². The number of phenols is 1. The Labute approximate surface area is 381 Å². The van der Waals surface area contributed by atoms with Crippen LogP contribution in [0.15, 0.2) is 60.2 Å². The normalized spacial score (nSPS) is 24.1. The van der Waals surface area contributed by atoms with Gasteiger partial charge in [0.15, 0.2) is 17.2 Å². The predicted octanol–water partition coefficient (Wildman–Crippen LogP) is 7.90. The van der Waals surface area contributed by atoms with Gasteiger partial charge in [-0.2, -0.15) is 5.10 Å². The average molecular weight is 1010 g/mol. The van der Waals surface area contributed by atoms with Crippen molar-refractivity contribution in [1.82, 2.24) is 9.78 Å². The van der Waals surface area contributed by atoms with Crippen molar-refractivity contribution in [3.63, 3.8) is 0 Å². The highest BCUT2D eigenvalue weighted by Crippen LogP contribution is 2.64. The van der Waals surface area contributed by atoms with Crippen LogP contribution in [-0.2, 0) is 26.2 Å². The van der Waals surface area contributed by atoms with Gasteiger partial charge in [-0.05, 0) is 102 Å². The highest BCUT2D eigenvalue weighted by molar-refractivity contribution is 14.1. The van der Waals surface area contributed by atoms with Crippen LogP contribution in [0, 0.1) is 59.8 Å². The van der Waals surface area contributed by atoms with E-state index >= 15 is 9.59 Å². The minimum atomic E-state index is -1.46. The molecule has 0 radical (unpaired) electrons. The van der Waals surface area contributed by atoms with Gasteiger partial charge in [-0.1, -0.05) is 23.3 Å². The van der Waals surface area contributed by atoms with Crippen LogP contribution in [0.3, 0.4) is 0 Å². The third-order valence-corrected chi connectivity index (χ3v) is 15.6. The fourth-order valence-corrected chi connectivity index (χ4v) is 12.4. The van der Waals surface area contributed by atoms with E-state index in [4.69, 9.17) is 21.4 Å². The summed E-state index contributed by atoms with van der Waals surface area (Å²) in [6.07, 6.45) is 1.86. The number of amides is 4. The number of methoxy groups -OCH3 is 1. The number of hydrogen-bond donors (Lipinski definition) is 1. The van der Waals surface area contributed by atoms with Gasteiger partial charge in [0.25, 0.3) is 0 Å². The zero-order valence-electron chi connectivity index (χ0n) is 34.4. The second kappa shape index (κ2) is 14.8. The predicted molar refractivity (Wildman–Crippen MR) is 242 cm³/mol. The zero-order chi connectivity index (χ0) is 45.3. The van der Waals surface area contributed by atoms with Gasteiger partial charge in [-0.3, -0.25) is 44.1 Å². The molecule has 2 aliphatic heterocycles. The number of carbonyl (C=O) groups excluding carboxylic acids is 4. The number of thiophene rings is 1. The third kappa shape index (κ3) is 6.09. The second-order valence-corrected chi connectivity index (χ2v) is 19.3. The summed E-state index contributed by atoms with van der Waals surface area (Å²) in [4.78, 5) is 86.5. The van der Waals surface area contributed by atoms with Gasteiger partial charge in [-0.25, -0.2) is 9.80 Å². The first-order valence-corrected chi connectivity index (χ1v) is 22.0. The molecule has 4 aliphatic rings. The lowest BCUT2D eigenvalue weighted by molar-refractivity contribution is -0.392. The molecule has 2 aromatic heterocycles. The molecule has 0 unspecified atom stereocenters. The number of anilines is 3. The van der Waals surface area contributed by atoms with Crippen LogP contribution in [0.4, 0.5) is 28.6 Å². The molecule has 3 fully saturated rings. The third-order valence-electron chi connectivity index (χ3n) is 13.2. The van der Waals surface area contributed by atoms with Crippen molar-refractivity contribution in [3.05, 3.63) is 100 Å². The number of carbonyl (C=O) groups is 4. The summed E-state index contributed by atoms with van der Waals surface area (Å²) in [6, 6.07) is 12.6. The minimum Gasteiger partial charge on any atom is -0.504 e. The SMILES string of the molecule is COc1cc([C@H]2C3=CC[C@@H]4C(=O)N(c5cc([N+](=O)[O-])c(N(C)C)c([N+](=O)[O-])c5)C(=O)[C@@H]4[C@@H]3C[C@H]3C(=O)N(c4cc(-c5sc6ccc(Cl)cc6c5C)nn4C)C(=O)[C@@]23C)cc(I)c1O. The molecule has 9 rings (SSSR count). The molecule has 63 heavy (non-hydrogen) atoms. The summed E-state index contributed by atoms with van der Waals surface area (Å²) in [5.74, 6) is -6.95. The number of nitro benzene ring substituents is 2. The summed E-state index contributed by atoms with van der Waals surface area (Å²) in [6.45, 7) is 3.69. The summed E-state index contributed by atoms with van der Waals surface area (Å²) in [7, 11) is 5.86. The second-order valence-electron chi connectivity index (χ2n) is 16.7. The monoisotopic (exact) mass is 1010 g/mol. The molecule has 2 aliphatic carbocycles. The maximum atomic E-state index is 15.3. The van der Waals surface area contributed by atoms with Crippen LogP contribution in [0.2, 0.25) is 5.02 Å². The fraction of sp³-hybridized carbons (Fsp3) is 0.326. The van der Waals surface area contributed by atoms with E-state index < -0.39 is 79.9 Å². The first-order chi connectivity index (χ1) is 29.8. The number of aryl methyl sites for hydroxylation is 2. The van der Waals surface area contributed by atoms with Crippen molar-refractivity contribution in [1.29, 1.82) is 0 Å². The molecule has 1 saturated carbocycles. The van der Waals surface area contributed by atoms with Crippen LogP contribution >= 0.6 is 45.5 Å². The van der Waals surface area contributed by atoms with E-state index in [1.54, 1.807) is 38.2 Å². The Balaban J connectivity index is 1.17. The van der Waals surface area contributed by atoms with Gasteiger partial charge in [0.2, 0.25) is 23.6 Å². The first-order valence-electron chi connectivity index (χ1n) is 19.7. The number of hydrogen-bond acceptors (Lipinski definition) is 13. The molecule has 6 atom stereocenters. The van der Waals surface area contributed by atoms with Crippen molar-refractivity contribution in [2.45, 2.75) is 32.6 Å². The van der Waals surface area contributed by atoms with Crippen LogP contribution < -0.4 is 19.4 Å². The molecule has 5 aromatic rings. The Kier molecular flexibility index (Phi) is 9.98. The number of ether oxygens (including phenoxy) is 1. The smallest absolute Gasteiger partial charge is 0.301 e. The molecule has 1 N–H and O–H groups in total. The molecule has 324 valence electrons. The summed E-state index contributed by atoms with van der Waals surface area (Å²) < 4.78 is 8.44. The van der Waals surface area contributed by atoms with E-state index in [-0.39, 0.29) is 41.5 Å². The Bertz CT molecular complexity index is 2930. The Morgan fingerprint density at radius 1 is 0.984 bits per heavy atom. The lowest BCUT2D eigenvalue weighted by Crippen LogP contribution is -2.49. The summed E-state index contributed by atoms with van der Waals surface area (Å²) in [5, 5.41) is 41.8. The quantitative estimate of drug-likeness (QED) is 0.0517. The average Bonchev–Trinajstić information content (AvgIpc) is 3.91. The summed E-state index contributed by atoms with van der Waals surface area (Å²) >= 11 is 9.79. The number of benzene rings is 3. The van der Waals surface area contributed by atoms with E-state index in [0.717, 1.165) is 42.5 Å². The van der Waals surface area contributed by atoms with E-state index in [1.165, 1.54) is 42.1 Å². The molecular weight excluding hydrogens is 969 g/mol. The molecule has 4 amide bonds. The number of halogens is 2. The molecule has 3 aromatic carbocycles. The van der Waals surface area contributed by atoms with Gasteiger partial charge in [0, 0.05) is 55.0 Å². The van der Waals surface area contributed by atoms with Gasteiger partial charge < -0.3 is 14.7 Å². The molecule has 17 nitrogen and oxygen atoms in total. The Morgan fingerprint density at radius 2 is 1.67 bits per heavy atom. The van der Waals surface area contributed by atoms with E-state index in [0.29, 0.717) is 25.4 Å². The van der Waals surface area contributed by atoms with E-state index in [2.05, 4.69) is 0 Å². The van der Waals surface area contributed by atoms with Crippen molar-refractivity contribution in [3.8, 4) is 22.1 Å². The number of rotatable bonds is 8. The van der Waals surface area contributed by atoms with Crippen LogP contribution in [0.5, 0.6) is 11.5 Å². The van der Waals surface area contributed by atoms with Gasteiger partial charge >= 0.3 is 11.4 Å². The largest absolute Gasteiger partial charge is 0.504 e.